The second-order valence-corrected chi connectivity index (χ2v) is 21.1. The molecule has 0 aliphatic heterocycles. The predicted molar refractivity (Wildman–Crippen MR) is 299 cm³/mol. The van der Waals surface area contributed by atoms with E-state index in [0.717, 1.165) is 60.8 Å². The van der Waals surface area contributed by atoms with Gasteiger partial charge in [-0.15, -0.1) is 10.2 Å². The van der Waals surface area contributed by atoms with Crippen LogP contribution in [0.4, 0.5) is 57.4 Å². The maximum Gasteiger partial charge on any atom is 0.296 e. The first-order chi connectivity index (χ1) is 35.4. The van der Waals surface area contributed by atoms with Crippen molar-refractivity contribution >= 4 is 112 Å². The van der Waals surface area contributed by atoms with Crippen LogP contribution in [0, 0.1) is 0 Å². The van der Waals surface area contributed by atoms with Crippen LogP contribution in [0.3, 0.4) is 0 Å². The van der Waals surface area contributed by atoms with Gasteiger partial charge in [0.15, 0.2) is 5.16 Å². The number of nitrogen functional groups attached to an aromatic ring is 2. The molecule has 0 atom stereocenters. The summed E-state index contributed by atoms with van der Waals surface area (Å²) in [5.74, 6) is 1.72. The van der Waals surface area contributed by atoms with E-state index >= 15 is 0 Å². The molecule has 8 N–H and O–H groups in total. The van der Waals surface area contributed by atoms with E-state index in [9.17, 15) is 21.4 Å². The van der Waals surface area contributed by atoms with Crippen LogP contribution in [0.1, 0.15) is 80.1 Å². The summed E-state index contributed by atoms with van der Waals surface area (Å²) in [7, 11) is -5.70. The van der Waals surface area contributed by atoms with Crippen molar-refractivity contribution < 1.29 is 35.4 Å². The molecule has 0 unspecified atom stereocenters. The number of azo groups is 1. The maximum atomic E-state index is 12.6. The molecular weight excluding hydrogens is 1000 g/mol. The largest absolute Gasteiger partial charge is 0.495 e. The van der Waals surface area contributed by atoms with E-state index in [1.165, 1.54) is 18.6 Å². The summed E-state index contributed by atoms with van der Waals surface area (Å²) in [4.78, 5) is 18.3. The summed E-state index contributed by atoms with van der Waals surface area (Å²) in [6.07, 6.45) is 9.95. The molecule has 0 saturated heterocycles. The van der Waals surface area contributed by atoms with E-state index in [-0.39, 0.29) is 33.1 Å². The van der Waals surface area contributed by atoms with Crippen molar-refractivity contribution in [3.05, 3.63) is 83.2 Å². The zero-order valence-corrected chi connectivity index (χ0v) is 45.5. The average Bonchev–Trinajstić information content (AvgIpc) is 3.37. The molecule has 6 aromatic rings. The Bertz CT molecular complexity index is 3330. The Morgan fingerprint density at radius 1 is 0.730 bits per heavy atom. The van der Waals surface area contributed by atoms with Crippen LogP contribution >= 0.6 is 11.8 Å². The number of thioether (sulfide) groups is 1. The van der Waals surface area contributed by atoms with Crippen LogP contribution in [0.5, 0.6) is 11.5 Å². The third kappa shape index (κ3) is 13.7. The van der Waals surface area contributed by atoms with Crippen LogP contribution in [-0.4, -0.2) is 86.5 Å². The third-order valence-corrected chi connectivity index (χ3v) is 15.5. The smallest absolute Gasteiger partial charge is 0.296 e. The number of aromatic nitrogens is 3. The highest BCUT2D eigenvalue weighted by molar-refractivity contribution is 7.99. The average molecular weight is 1070 g/mol. The Hall–Kier alpha value is -6.72. The number of methoxy groups -OCH3 is 2. The first-order valence-electron chi connectivity index (χ1n) is 24.5. The standard InChI is InChI=1S/C42H58N10O5S2.C10H9NO3S/c1-9-18-29-27(10-2)21-22-38(59(53,54)55)39(29)50-49-33-26-37(57-8)35(52(13-5)14-6)25-32(33)45-41-46-40(47-42(48-41)58-28-19-16-15-17-20-28)44-31-24-34(51(11-3)12-4)36(56-7)23-30(31)43;11-10-8-4-2-1-3-7(8)5-6-9(10)15(12,13)14/h10,18,21-26,28H,9,11-17,19-20,43H2,1-8H3,(H,53,54,55)(H2,44,45,46,47,48);1-6H,11H2,(H,12,13,14)/b27-10-,29-18+,50-49?;. The van der Waals surface area contributed by atoms with Crippen molar-refractivity contribution in [3.63, 3.8) is 0 Å². The highest BCUT2D eigenvalue weighted by atomic mass is 32.2. The molecule has 19 nitrogen and oxygen atoms in total. The summed E-state index contributed by atoms with van der Waals surface area (Å²) in [5.41, 5.74) is 15.9. The van der Waals surface area contributed by atoms with Crippen LogP contribution < -0.4 is 51.8 Å². The number of nitrogens with zero attached hydrogens (tertiary/aromatic N) is 7. The monoisotopic (exact) mass is 1070 g/mol. The van der Waals surface area contributed by atoms with Crippen molar-refractivity contribution in [1.29, 1.82) is 0 Å². The molecule has 1 aliphatic rings. The van der Waals surface area contributed by atoms with Gasteiger partial charge in [0.2, 0.25) is 11.9 Å². The fourth-order valence-corrected chi connectivity index (χ4v) is 11.1. The van der Waals surface area contributed by atoms with Crippen molar-refractivity contribution in [2.45, 2.75) is 100 Å². The van der Waals surface area contributed by atoms with Crippen molar-refractivity contribution in [1.82, 2.24) is 15.0 Å². The number of hydrogen-bond acceptors (Lipinski definition) is 18. The Kier molecular flexibility index (Phi) is 19.5. The lowest BCUT2D eigenvalue weighted by Gasteiger charge is -2.25. The van der Waals surface area contributed by atoms with Crippen molar-refractivity contribution in [2.24, 2.45) is 10.2 Å². The maximum absolute atomic E-state index is 12.6. The highest BCUT2D eigenvalue weighted by Crippen LogP contribution is 2.42. The predicted octanol–water partition coefficient (Wildman–Crippen LogP) is 10.4. The molecule has 0 amide bonds. The first-order valence-corrected chi connectivity index (χ1v) is 28.3. The van der Waals surface area contributed by atoms with Gasteiger partial charge in [0.25, 0.3) is 20.2 Å². The number of fused-ring (bicyclic) bond motifs is 1. The van der Waals surface area contributed by atoms with Crippen LogP contribution in [0.2, 0.25) is 0 Å². The lowest BCUT2D eigenvalue weighted by atomic mass is 10.0. The third-order valence-electron chi connectivity index (χ3n) is 12.5. The summed E-state index contributed by atoms with van der Waals surface area (Å²) >= 11 is 1.63. The van der Waals surface area contributed by atoms with Crippen molar-refractivity contribution in [2.75, 3.05) is 72.3 Å². The second kappa shape index (κ2) is 25.5. The van der Waals surface area contributed by atoms with Crippen LogP contribution in [0.15, 0.2) is 98.0 Å². The molecule has 1 heterocycles. The quantitative estimate of drug-likeness (QED) is 0.0250. The van der Waals surface area contributed by atoms with Crippen LogP contribution in [0.25, 0.3) is 22.9 Å². The van der Waals surface area contributed by atoms with E-state index in [1.54, 1.807) is 62.4 Å². The number of rotatable bonds is 19. The van der Waals surface area contributed by atoms with Gasteiger partial charge >= 0.3 is 0 Å². The zero-order valence-electron chi connectivity index (χ0n) is 43.1. The topological polar surface area (TPSA) is 273 Å². The summed E-state index contributed by atoms with van der Waals surface area (Å²) in [5, 5.41) is 19.6. The zero-order chi connectivity index (χ0) is 53.7. The molecule has 0 radical (unpaired) electrons. The number of ether oxygens (including phenoxy) is 2. The minimum atomic E-state index is -4.65. The minimum Gasteiger partial charge on any atom is -0.495 e. The Labute approximate surface area is 438 Å². The SMILES string of the molecule is C/C=c1/ccc(S(=O)(=O)O)c(N=Nc2cc(OC)c(N(CC)CC)cc2Nc2nc(Nc3cc(N(CC)CC)c(OC)cc3N)nc(SC3CCCCC3)n2)/c1=C/CC.Nc1c(S(=O)(=O)O)ccc2ccccc12. The first kappa shape index (κ1) is 56.6. The minimum absolute atomic E-state index is 0.0154. The van der Waals surface area contributed by atoms with E-state index < -0.39 is 20.2 Å². The second-order valence-electron chi connectivity index (χ2n) is 17.1. The number of benzene rings is 5. The van der Waals surface area contributed by atoms with Crippen molar-refractivity contribution in [3.8, 4) is 11.5 Å². The van der Waals surface area contributed by atoms with Gasteiger partial charge in [0, 0.05) is 54.2 Å². The Morgan fingerprint density at radius 3 is 1.86 bits per heavy atom. The molecule has 22 heteroatoms. The molecular formula is C52H67N11O8S3. The highest BCUT2D eigenvalue weighted by Gasteiger charge is 2.23. The van der Waals surface area contributed by atoms with Gasteiger partial charge < -0.3 is 41.4 Å². The summed E-state index contributed by atoms with van der Waals surface area (Å²) < 4.78 is 78.0. The van der Waals surface area contributed by atoms with E-state index in [0.29, 0.717) is 74.8 Å². The molecule has 1 aliphatic carbocycles. The summed E-state index contributed by atoms with van der Waals surface area (Å²) in [6, 6.07) is 20.3. The van der Waals surface area contributed by atoms with Gasteiger partial charge in [0.05, 0.1) is 48.3 Å². The van der Waals surface area contributed by atoms with E-state index in [2.05, 4.69) is 58.4 Å². The van der Waals surface area contributed by atoms with Gasteiger partial charge in [-0.05, 0) is 88.8 Å². The van der Waals surface area contributed by atoms with Gasteiger partial charge in [-0.25, -0.2) is 0 Å². The lowest BCUT2D eigenvalue weighted by molar-refractivity contribution is 0.414. The van der Waals surface area contributed by atoms with Gasteiger partial charge in [-0.3, -0.25) is 9.11 Å². The molecule has 74 heavy (non-hydrogen) atoms. The Morgan fingerprint density at radius 2 is 1.30 bits per heavy atom. The Balaban J connectivity index is 0.000000505. The van der Waals surface area contributed by atoms with E-state index in [4.69, 9.17) is 40.4 Å². The normalized spacial score (nSPS) is 13.7. The molecule has 0 spiro atoms. The molecule has 1 aromatic heterocycles. The fourth-order valence-electron chi connectivity index (χ4n) is 8.67. The number of nitrogens with two attached hydrogens (primary N) is 2. The van der Waals surface area contributed by atoms with Crippen LogP contribution in [-0.2, 0) is 20.2 Å². The number of hydrogen-bond donors (Lipinski definition) is 6. The van der Waals surface area contributed by atoms with E-state index in [1.807, 2.05) is 50.3 Å². The van der Waals surface area contributed by atoms with Gasteiger partial charge in [-0.1, -0.05) is 86.5 Å². The molecule has 396 valence electrons. The lowest BCUT2D eigenvalue weighted by Crippen LogP contribution is -2.26. The fraction of sp³-hybridized carbons (Fsp3) is 0.365. The molecule has 0 bridgehead atoms. The van der Waals surface area contributed by atoms with Gasteiger partial charge in [0.1, 0.15) is 32.7 Å². The number of nitrogens with one attached hydrogen (secondary N) is 2. The summed E-state index contributed by atoms with van der Waals surface area (Å²) in [6.45, 7) is 15.0. The molecule has 1 fully saturated rings. The number of anilines is 8. The molecule has 1 saturated carbocycles. The molecule has 7 rings (SSSR count). The van der Waals surface area contributed by atoms with Gasteiger partial charge in [-0.2, -0.15) is 31.8 Å². The molecule has 5 aromatic carbocycles.